The molecule has 2 saturated heterocycles. The van der Waals surface area contributed by atoms with Gasteiger partial charge in [0.15, 0.2) is 0 Å². The molecule has 2 rings (SSSR count). The summed E-state index contributed by atoms with van der Waals surface area (Å²) in [4.78, 5) is 8.07. The average Bonchev–Trinajstić information content (AvgIpc) is 2.97. The highest BCUT2D eigenvalue weighted by Gasteiger charge is 2.35. The van der Waals surface area contributed by atoms with Crippen molar-refractivity contribution in [1.82, 2.24) is 14.7 Å². The number of nitrogens with zero attached hydrogens (tertiary/aromatic N) is 3. The fraction of sp³-hybridized carbons (Fsp3) is 1.00. The van der Waals surface area contributed by atoms with Crippen LogP contribution in [0.3, 0.4) is 0 Å². The van der Waals surface area contributed by atoms with Crippen LogP contribution in [0.15, 0.2) is 0 Å². The lowest BCUT2D eigenvalue weighted by molar-refractivity contribution is 0.0931. The van der Waals surface area contributed by atoms with E-state index in [1.165, 1.54) is 71.5 Å². The van der Waals surface area contributed by atoms with Crippen molar-refractivity contribution in [3.05, 3.63) is 0 Å². The Labute approximate surface area is 139 Å². The standard InChI is InChI=1S/C19H39N3/c1-6-19(4,5)18-9-7-11-22(18)12-8-10-20-13-15-21(16-14-20)17(2)3/h17-18H,6-16H2,1-5H3/t18-/m0/s1. The Morgan fingerprint density at radius 2 is 1.68 bits per heavy atom. The molecule has 0 aromatic heterocycles. The molecule has 2 aliphatic heterocycles. The molecule has 0 aliphatic carbocycles. The van der Waals surface area contributed by atoms with Gasteiger partial charge in [-0.05, 0) is 64.6 Å². The summed E-state index contributed by atoms with van der Waals surface area (Å²) >= 11 is 0. The van der Waals surface area contributed by atoms with Gasteiger partial charge in [-0.3, -0.25) is 9.80 Å². The number of hydrogen-bond acceptors (Lipinski definition) is 3. The molecule has 1 atom stereocenters. The lowest BCUT2D eigenvalue weighted by Gasteiger charge is -2.39. The molecule has 0 aromatic rings. The minimum atomic E-state index is 0.486. The molecule has 0 radical (unpaired) electrons. The molecule has 3 nitrogen and oxygen atoms in total. The van der Waals surface area contributed by atoms with E-state index in [9.17, 15) is 0 Å². The first-order valence-electron chi connectivity index (χ1n) is 9.64. The van der Waals surface area contributed by atoms with E-state index in [-0.39, 0.29) is 0 Å². The molecule has 3 heteroatoms. The minimum absolute atomic E-state index is 0.486. The lowest BCUT2D eigenvalue weighted by atomic mass is 9.80. The first-order valence-corrected chi connectivity index (χ1v) is 9.64. The van der Waals surface area contributed by atoms with Crippen molar-refractivity contribution in [2.45, 2.75) is 72.4 Å². The third-order valence-electron chi connectivity index (χ3n) is 6.23. The van der Waals surface area contributed by atoms with Gasteiger partial charge >= 0.3 is 0 Å². The summed E-state index contributed by atoms with van der Waals surface area (Å²) in [5.41, 5.74) is 0.486. The molecule has 2 heterocycles. The van der Waals surface area contributed by atoms with Crippen LogP contribution >= 0.6 is 0 Å². The molecule has 0 aromatic carbocycles. The highest BCUT2D eigenvalue weighted by atomic mass is 15.3. The molecule has 0 amide bonds. The number of rotatable bonds is 7. The second-order valence-corrected chi connectivity index (χ2v) is 8.36. The third-order valence-corrected chi connectivity index (χ3v) is 6.23. The molecule has 0 bridgehead atoms. The van der Waals surface area contributed by atoms with Crippen molar-refractivity contribution in [2.75, 3.05) is 45.8 Å². The summed E-state index contributed by atoms with van der Waals surface area (Å²) in [5, 5.41) is 0. The van der Waals surface area contributed by atoms with E-state index in [1.54, 1.807) is 0 Å². The van der Waals surface area contributed by atoms with Gasteiger partial charge in [0.05, 0.1) is 0 Å². The van der Waals surface area contributed by atoms with Crippen LogP contribution in [0.25, 0.3) is 0 Å². The zero-order chi connectivity index (χ0) is 16.2. The molecule has 0 unspecified atom stereocenters. The Hall–Kier alpha value is -0.120. The second kappa shape index (κ2) is 8.12. The molecular formula is C19H39N3. The topological polar surface area (TPSA) is 9.72 Å². The molecule has 0 N–H and O–H groups in total. The average molecular weight is 310 g/mol. The van der Waals surface area contributed by atoms with Gasteiger partial charge in [-0.25, -0.2) is 0 Å². The summed E-state index contributed by atoms with van der Waals surface area (Å²) in [7, 11) is 0. The Kier molecular flexibility index (Phi) is 6.73. The summed E-state index contributed by atoms with van der Waals surface area (Å²) < 4.78 is 0. The van der Waals surface area contributed by atoms with Crippen LogP contribution in [-0.2, 0) is 0 Å². The first-order chi connectivity index (χ1) is 10.4. The summed E-state index contributed by atoms with van der Waals surface area (Å²) in [6, 6.07) is 1.53. The highest BCUT2D eigenvalue weighted by Crippen LogP contribution is 2.35. The Morgan fingerprint density at radius 1 is 1.00 bits per heavy atom. The van der Waals surface area contributed by atoms with Crippen molar-refractivity contribution < 1.29 is 0 Å². The smallest absolute Gasteiger partial charge is 0.0147 e. The van der Waals surface area contributed by atoms with Crippen molar-refractivity contribution in [2.24, 2.45) is 5.41 Å². The van der Waals surface area contributed by atoms with Gasteiger partial charge in [0.25, 0.3) is 0 Å². The molecule has 2 aliphatic rings. The van der Waals surface area contributed by atoms with Crippen LogP contribution in [0.2, 0.25) is 0 Å². The van der Waals surface area contributed by atoms with E-state index >= 15 is 0 Å². The van der Waals surface area contributed by atoms with Gasteiger partial charge in [-0.15, -0.1) is 0 Å². The molecule has 0 saturated carbocycles. The van der Waals surface area contributed by atoms with Crippen molar-refractivity contribution in [3.63, 3.8) is 0 Å². The molecule has 22 heavy (non-hydrogen) atoms. The quantitative estimate of drug-likeness (QED) is 0.714. The van der Waals surface area contributed by atoms with Crippen LogP contribution < -0.4 is 0 Å². The van der Waals surface area contributed by atoms with Crippen molar-refractivity contribution >= 4 is 0 Å². The number of piperazine rings is 1. The maximum atomic E-state index is 2.79. The zero-order valence-electron chi connectivity index (χ0n) is 15.8. The fourth-order valence-corrected chi connectivity index (χ4v) is 4.22. The Balaban J connectivity index is 1.68. The van der Waals surface area contributed by atoms with E-state index in [4.69, 9.17) is 0 Å². The molecule has 0 spiro atoms. The van der Waals surface area contributed by atoms with E-state index in [1.807, 2.05) is 0 Å². The van der Waals surface area contributed by atoms with Gasteiger partial charge in [-0.1, -0.05) is 20.8 Å². The largest absolute Gasteiger partial charge is 0.301 e. The second-order valence-electron chi connectivity index (χ2n) is 8.36. The van der Waals surface area contributed by atoms with E-state index in [0.29, 0.717) is 11.5 Å². The highest BCUT2D eigenvalue weighted by molar-refractivity contribution is 4.90. The van der Waals surface area contributed by atoms with Crippen LogP contribution in [0.4, 0.5) is 0 Å². The first kappa shape index (κ1) is 18.2. The summed E-state index contributed by atoms with van der Waals surface area (Å²) in [6.45, 7) is 20.9. The maximum absolute atomic E-state index is 2.79. The number of hydrogen-bond donors (Lipinski definition) is 0. The molecule has 130 valence electrons. The van der Waals surface area contributed by atoms with E-state index in [2.05, 4.69) is 49.3 Å². The van der Waals surface area contributed by atoms with E-state index in [0.717, 1.165) is 6.04 Å². The van der Waals surface area contributed by atoms with Gasteiger partial charge in [0.1, 0.15) is 0 Å². The van der Waals surface area contributed by atoms with Gasteiger partial charge in [0.2, 0.25) is 0 Å². The van der Waals surface area contributed by atoms with Crippen LogP contribution in [0, 0.1) is 5.41 Å². The monoisotopic (exact) mass is 309 g/mol. The Morgan fingerprint density at radius 3 is 2.27 bits per heavy atom. The van der Waals surface area contributed by atoms with Crippen LogP contribution in [0.5, 0.6) is 0 Å². The summed E-state index contributed by atoms with van der Waals surface area (Å²) in [6.07, 6.45) is 5.46. The van der Waals surface area contributed by atoms with Gasteiger partial charge < -0.3 is 4.90 Å². The summed E-state index contributed by atoms with van der Waals surface area (Å²) in [5.74, 6) is 0. The van der Waals surface area contributed by atoms with Crippen LogP contribution in [0.1, 0.15) is 60.3 Å². The maximum Gasteiger partial charge on any atom is 0.0147 e. The predicted molar refractivity (Wildman–Crippen MR) is 96.4 cm³/mol. The minimum Gasteiger partial charge on any atom is -0.301 e. The van der Waals surface area contributed by atoms with E-state index < -0.39 is 0 Å². The fourth-order valence-electron chi connectivity index (χ4n) is 4.22. The van der Waals surface area contributed by atoms with Crippen molar-refractivity contribution in [1.29, 1.82) is 0 Å². The van der Waals surface area contributed by atoms with Crippen LogP contribution in [-0.4, -0.2) is 72.6 Å². The lowest BCUT2D eigenvalue weighted by Crippen LogP contribution is -2.49. The van der Waals surface area contributed by atoms with Crippen molar-refractivity contribution in [3.8, 4) is 0 Å². The zero-order valence-corrected chi connectivity index (χ0v) is 15.8. The Bertz CT molecular complexity index is 319. The predicted octanol–water partition coefficient (Wildman–Crippen LogP) is 3.30. The normalized spacial score (nSPS) is 26.2. The molecular weight excluding hydrogens is 270 g/mol. The van der Waals surface area contributed by atoms with Gasteiger partial charge in [0, 0.05) is 38.3 Å². The number of likely N-dealkylation sites (tertiary alicyclic amines) is 1. The SMILES string of the molecule is CCC(C)(C)[C@@H]1CCCN1CCCN1CCN(C(C)C)CC1. The third kappa shape index (κ3) is 4.69. The molecule has 2 fully saturated rings. The van der Waals surface area contributed by atoms with Gasteiger partial charge in [-0.2, -0.15) is 0 Å².